The number of nitrogens with one attached hydrogen (secondary N) is 1. The van der Waals surface area contributed by atoms with Crippen LogP contribution in [0.5, 0.6) is 0 Å². The molecule has 0 radical (unpaired) electrons. The lowest BCUT2D eigenvalue weighted by Gasteiger charge is -2.35. The van der Waals surface area contributed by atoms with Crippen molar-refractivity contribution in [2.24, 2.45) is 0 Å². The number of benzene rings is 3. The quantitative estimate of drug-likeness (QED) is 0.400. The lowest BCUT2D eigenvalue weighted by molar-refractivity contribution is -0.140. The molecule has 2 amide bonds. The largest absolute Gasteiger partial charge is 0.350 e. The van der Waals surface area contributed by atoms with E-state index in [2.05, 4.69) is 5.32 Å². The highest BCUT2D eigenvalue weighted by Crippen LogP contribution is 2.21. The van der Waals surface area contributed by atoms with Gasteiger partial charge in [0.15, 0.2) is 0 Å². The molecule has 0 bridgehead atoms. The Hall–Kier alpha value is -3.65. The summed E-state index contributed by atoms with van der Waals surface area (Å²) in [5, 5.41) is 3.03. The van der Waals surface area contributed by atoms with Gasteiger partial charge in [-0.15, -0.1) is 0 Å². The number of hydrogen-bond acceptors (Lipinski definition) is 4. The maximum atomic E-state index is 14.1. The van der Waals surface area contributed by atoms with Gasteiger partial charge in [0, 0.05) is 18.5 Å². The predicted octanol–water partition coefficient (Wildman–Crippen LogP) is 4.62. The van der Waals surface area contributed by atoms with Crippen LogP contribution in [0.4, 0.5) is 5.69 Å². The fourth-order valence-electron chi connectivity index (χ4n) is 4.22. The van der Waals surface area contributed by atoms with Crippen LogP contribution in [0.1, 0.15) is 43.0 Å². The van der Waals surface area contributed by atoms with E-state index in [9.17, 15) is 18.0 Å². The van der Waals surface area contributed by atoms with Gasteiger partial charge < -0.3 is 10.2 Å². The van der Waals surface area contributed by atoms with E-state index in [0.29, 0.717) is 5.69 Å². The summed E-state index contributed by atoms with van der Waals surface area (Å²) in [6.07, 6.45) is 1.36. The molecule has 3 rings (SSSR count). The van der Waals surface area contributed by atoms with Crippen LogP contribution in [0.15, 0.2) is 78.9 Å². The zero-order valence-corrected chi connectivity index (χ0v) is 24.5. The fourth-order valence-corrected chi connectivity index (χ4v) is 5.07. The summed E-state index contributed by atoms with van der Waals surface area (Å²) >= 11 is 0. The molecule has 1 N–H and O–H groups in total. The number of nitrogens with zero attached hydrogens (tertiary/aromatic N) is 2. The molecule has 208 valence electrons. The maximum Gasteiger partial charge on any atom is 0.244 e. The third-order valence-corrected chi connectivity index (χ3v) is 7.38. The second kappa shape index (κ2) is 12.5. The van der Waals surface area contributed by atoms with Crippen LogP contribution in [0.2, 0.25) is 0 Å². The Labute approximate surface area is 232 Å². The van der Waals surface area contributed by atoms with E-state index in [0.717, 1.165) is 32.8 Å². The first-order valence-electron chi connectivity index (χ1n) is 13.0. The monoisotopic (exact) mass is 549 g/mol. The van der Waals surface area contributed by atoms with Crippen LogP contribution >= 0.6 is 0 Å². The summed E-state index contributed by atoms with van der Waals surface area (Å²) in [7, 11) is -3.79. The minimum Gasteiger partial charge on any atom is -0.350 e. The van der Waals surface area contributed by atoms with Crippen molar-refractivity contribution in [3.05, 3.63) is 101 Å². The molecule has 1 atom stereocenters. The van der Waals surface area contributed by atoms with Crippen LogP contribution in [0.3, 0.4) is 0 Å². The highest BCUT2D eigenvalue weighted by atomic mass is 32.2. The van der Waals surface area contributed by atoms with Gasteiger partial charge in [-0.05, 0) is 57.9 Å². The summed E-state index contributed by atoms with van der Waals surface area (Å²) in [5.41, 5.74) is 3.66. The van der Waals surface area contributed by atoms with Crippen molar-refractivity contribution < 1.29 is 18.0 Å². The van der Waals surface area contributed by atoms with Crippen molar-refractivity contribution in [1.29, 1.82) is 0 Å². The molecule has 0 saturated heterocycles. The molecule has 7 nitrogen and oxygen atoms in total. The van der Waals surface area contributed by atoms with Gasteiger partial charge in [-0.2, -0.15) is 0 Å². The summed E-state index contributed by atoms with van der Waals surface area (Å²) in [4.78, 5) is 29.3. The lowest BCUT2D eigenvalue weighted by atomic mass is 10.0. The average Bonchev–Trinajstić information content (AvgIpc) is 2.85. The van der Waals surface area contributed by atoms with Crippen molar-refractivity contribution in [2.75, 3.05) is 17.1 Å². The Morgan fingerprint density at radius 2 is 1.36 bits per heavy atom. The molecule has 0 saturated carbocycles. The molecular formula is C31H39N3O4S. The normalized spacial score (nSPS) is 12.5. The van der Waals surface area contributed by atoms with Gasteiger partial charge in [-0.25, -0.2) is 8.42 Å². The molecule has 0 fully saturated rings. The van der Waals surface area contributed by atoms with E-state index >= 15 is 0 Å². The zero-order chi connectivity index (χ0) is 28.8. The van der Waals surface area contributed by atoms with Crippen LogP contribution in [0, 0.1) is 13.8 Å². The first-order valence-corrected chi connectivity index (χ1v) is 14.8. The number of carbonyl (C=O) groups excluding carboxylic acids is 2. The van der Waals surface area contributed by atoms with E-state index in [4.69, 9.17) is 0 Å². The van der Waals surface area contributed by atoms with Crippen LogP contribution < -0.4 is 9.62 Å². The number of sulfonamides is 1. The van der Waals surface area contributed by atoms with E-state index < -0.39 is 34.1 Å². The molecule has 0 aliphatic carbocycles. The SMILES string of the molecule is Cc1ccc(CN(C(=O)CN(c2ccc(C)cc2)S(C)(=O)=O)[C@H](Cc2ccccc2)C(=O)NC(C)(C)C)cc1. The third kappa shape index (κ3) is 8.96. The molecule has 0 spiro atoms. The van der Waals surface area contributed by atoms with Gasteiger partial charge in [0.25, 0.3) is 0 Å². The number of rotatable bonds is 10. The average molecular weight is 550 g/mol. The minimum atomic E-state index is -3.79. The topological polar surface area (TPSA) is 86.8 Å². The minimum absolute atomic E-state index is 0.152. The van der Waals surface area contributed by atoms with Gasteiger partial charge in [0.05, 0.1) is 11.9 Å². The lowest BCUT2D eigenvalue weighted by Crippen LogP contribution is -2.56. The van der Waals surface area contributed by atoms with Crippen molar-refractivity contribution in [2.45, 2.75) is 59.2 Å². The second-order valence-electron chi connectivity index (χ2n) is 11.1. The Bertz CT molecular complexity index is 1360. The molecule has 39 heavy (non-hydrogen) atoms. The number of carbonyl (C=O) groups is 2. The number of hydrogen-bond donors (Lipinski definition) is 1. The van der Waals surface area contributed by atoms with Gasteiger partial charge in [0.2, 0.25) is 21.8 Å². The first-order chi connectivity index (χ1) is 18.2. The van der Waals surface area contributed by atoms with Crippen LogP contribution in [-0.2, 0) is 32.6 Å². The Balaban J connectivity index is 2.06. The van der Waals surface area contributed by atoms with Crippen molar-refractivity contribution in [3.8, 4) is 0 Å². The molecule has 0 heterocycles. The Morgan fingerprint density at radius 3 is 1.87 bits per heavy atom. The number of aryl methyl sites for hydroxylation is 2. The standard InChI is InChI=1S/C31H39N3O4S/c1-23-12-16-26(17-13-23)21-33(28(30(36)32-31(3,4)5)20-25-10-8-7-9-11-25)29(35)22-34(39(6,37)38)27-18-14-24(2)15-19-27/h7-19,28H,20-22H2,1-6H3,(H,32,36)/t28-/m1/s1. The van der Waals surface area contributed by atoms with Crippen molar-refractivity contribution in [3.63, 3.8) is 0 Å². The molecule has 8 heteroatoms. The van der Waals surface area contributed by atoms with E-state index in [-0.39, 0.29) is 18.9 Å². The van der Waals surface area contributed by atoms with Gasteiger partial charge in [-0.3, -0.25) is 13.9 Å². The van der Waals surface area contributed by atoms with Crippen molar-refractivity contribution >= 4 is 27.5 Å². The summed E-state index contributed by atoms with van der Waals surface area (Å²) in [5.74, 6) is -0.764. The third-order valence-electron chi connectivity index (χ3n) is 6.24. The molecule has 3 aromatic carbocycles. The smallest absolute Gasteiger partial charge is 0.244 e. The molecule has 0 aliphatic heterocycles. The highest BCUT2D eigenvalue weighted by molar-refractivity contribution is 7.92. The summed E-state index contributed by atoms with van der Waals surface area (Å²) in [6, 6.07) is 23.4. The Morgan fingerprint density at radius 1 is 0.821 bits per heavy atom. The number of anilines is 1. The predicted molar refractivity (Wildman–Crippen MR) is 157 cm³/mol. The van der Waals surface area contributed by atoms with Crippen LogP contribution in [-0.4, -0.2) is 49.5 Å². The maximum absolute atomic E-state index is 14.1. The molecular weight excluding hydrogens is 510 g/mol. The zero-order valence-electron chi connectivity index (χ0n) is 23.6. The molecule has 0 unspecified atom stereocenters. The van der Waals surface area contributed by atoms with Gasteiger partial charge in [0.1, 0.15) is 12.6 Å². The number of amides is 2. The van der Waals surface area contributed by atoms with E-state index in [1.165, 1.54) is 4.90 Å². The highest BCUT2D eigenvalue weighted by Gasteiger charge is 2.34. The van der Waals surface area contributed by atoms with Crippen molar-refractivity contribution in [1.82, 2.24) is 10.2 Å². The van der Waals surface area contributed by atoms with E-state index in [1.54, 1.807) is 24.3 Å². The molecule has 0 aromatic heterocycles. The summed E-state index contributed by atoms with van der Waals surface area (Å²) in [6.45, 7) is 9.28. The first kappa shape index (κ1) is 29.9. The molecule has 3 aromatic rings. The Kier molecular flexibility index (Phi) is 9.56. The van der Waals surface area contributed by atoms with Gasteiger partial charge in [-0.1, -0.05) is 77.9 Å². The summed E-state index contributed by atoms with van der Waals surface area (Å²) < 4.78 is 26.8. The fraction of sp³-hybridized carbons (Fsp3) is 0.355. The molecule has 0 aliphatic rings. The second-order valence-corrected chi connectivity index (χ2v) is 13.0. The van der Waals surface area contributed by atoms with E-state index in [1.807, 2.05) is 89.2 Å². The van der Waals surface area contributed by atoms with Gasteiger partial charge >= 0.3 is 0 Å². The van der Waals surface area contributed by atoms with Crippen LogP contribution in [0.25, 0.3) is 0 Å².